The van der Waals surface area contributed by atoms with E-state index in [-0.39, 0.29) is 12.3 Å². The van der Waals surface area contributed by atoms with Crippen molar-refractivity contribution < 1.29 is 4.42 Å². The molecular weight excluding hydrogens is 685 g/mol. The van der Waals surface area contributed by atoms with Crippen molar-refractivity contribution in [1.29, 1.82) is 0 Å². The highest BCUT2D eigenvalue weighted by Gasteiger charge is 2.29. The zero-order chi connectivity index (χ0) is 37.0. The van der Waals surface area contributed by atoms with Crippen molar-refractivity contribution in [3.63, 3.8) is 0 Å². The Bertz CT molecular complexity index is 3050. The van der Waals surface area contributed by atoms with E-state index in [9.17, 15) is 0 Å². The van der Waals surface area contributed by atoms with Crippen molar-refractivity contribution in [2.24, 2.45) is 4.99 Å². The van der Waals surface area contributed by atoms with Crippen LogP contribution in [0.3, 0.4) is 0 Å². The average molecular weight is 721 g/mol. The van der Waals surface area contributed by atoms with E-state index in [0.29, 0.717) is 0 Å². The number of benzene rings is 8. The van der Waals surface area contributed by atoms with Crippen molar-refractivity contribution in [3.8, 4) is 27.9 Å². The highest BCUT2D eigenvalue weighted by atomic mass is 16.3. The van der Waals surface area contributed by atoms with Gasteiger partial charge in [-0.25, -0.2) is 4.99 Å². The number of aliphatic imine (C=N–C) groups is 1. The third-order valence-corrected chi connectivity index (χ3v) is 11.1. The zero-order valence-electron chi connectivity index (χ0n) is 30.4. The molecule has 0 bridgehead atoms. The molecule has 5 nitrogen and oxygen atoms in total. The summed E-state index contributed by atoms with van der Waals surface area (Å²) in [6.07, 6.45) is -0.600. The smallest absolute Gasteiger partial charge is 0.159 e. The molecule has 266 valence electrons. The Kier molecular flexibility index (Phi) is 7.64. The van der Waals surface area contributed by atoms with Crippen LogP contribution in [-0.2, 0) is 0 Å². The maximum atomic E-state index is 6.88. The van der Waals surface area contributed by atoms with Crippen LogP contribution in [0.4, 0.5) is 0 Å². The van der Waals surface area contributed by atoms with Gasteiger partial charge in [0.15, 0.2) is 5.58 Å². The summed E-state index contributed by atoms with van der Waals surface area (Å²) in [5.41, 5.74) is 12.9. The van der Waals surface area contributed by atoms with Gasteiger partial charge in [-0.05, 0) is 64.2 Å². The summed E-state index contributed by atoms with van der Waals surface area (Å²) in [6.45, 7) is 0. The van der Waals surface area contributed by atoms with Gasteiger partial charge in [-0.1, -0.05) is 158 Å². The number of amidine groups is 1. The molecule has 2 aromatic heterocycles. The highest BCUT2D eigenvalue weighted by Crippen LogP contribution is 2.41. The van der Waals surface area contributed by atoms with Crippen LogP contribution in [0, 0.1) is 0 Å². The maximum absolute atomic E-state index is 6.88. The molecule has 10 aromatic rings. The predicted molar refractivity (Wildman–Crippen MR) is 230 cm³/mol. The molecule has 1 aliphatic heterocycles. The van der Waals surface area contributed by atoms with Crippen molar-refractivity contribution >= 4 is 49.6 Å². The second-order valence-corrected chi connectivity index (χ2v) is 14.4. The van der Waals surface area contributed by atoms with Gasteiger partial charge in [-0.15, -0.1) is 0 Å². The molecule has 0 amide bonds. The Hall–Kier alpha value is -7.21. The van der Waals surface area contributed by atoms with Crippen LogP contribution in [0.15, 0.2) is 204 Å². The SMILES string of the molecule is c1ccc(-c2cccc(C3=NC(c4cccc(-c5ccccc5)c4)NC(c4cccc5oc6c(-n7c8ccccc8c8ccccc87)cccc6c45)N3)c2)cc1. The van der Waals surface area contributed by atoms with Crippen LogP contribution in [0.5, 0.6) is 0 Å². The van der Waals surface area contributed by atoms with Gasteiger partial charge < -0.3 is 14.3 Å². The van der Waals surface area contributed by atoms with Crippen LogP contribution in [0.2, 0.25) is 0 Å². The summed E-state index contributed by atoms with van der Waals surface area (Å²) in [5.74, 6) is 0.831. The second-order valence-electron chi connectivity index (χ2n) is 14.4. The molecule has 0 saturated heterocycles. The fourth-order valence-electron chi connectivity index (χ4n) is 8.49. The predicted octanol–water partition coefficient (Wildman–Crippen LogP) is 12.4. The van der Waals surface area contributed by atoms with E-state index in [0.717, 1.165) is 72.3 Å². The third kappa shape index (κ3) is 5.40. The van der Waals surface area contributed by atoms with Crippen LogP contribution < -0.4 is 10.6 Å². The minimum absolute atomic E-state index is 0.283. The first-order valence-corrected chi connectivity index (χ1v) is 19.1. The Labute approximate surface area is 324 Å². The summed E-state index contributed by atoms with van der Waals surface area (Å²) in [7, 11) is 0. The lowest BCUT2D eigenvalue weighted by atomic mass is 9.99. The molecular formula is C51H36N4O. The first kappa shape index (κ1) is 32.2. The molecule has 1 aliphatic rings. The molecule has 0 aliphatic carbocycles. The fourth-order valence-corrected chi connectivity index (χ4v) is 8.49. The molecule has 0 saturated carbocycles. The number of nitrogens with zero attached hydrogens (tertiary/aromatic N) is 2. The summed E-state index contributed by atoms with van der Waals surface area (Å²) < 4.78 is 9.22. The van der Waals surface area contributed by atoms with Crippen molar-refractivity contribution in [2.45, 2.75) is 12.3 Å². The minimum Gasteiger partial charge on any atom is -0.454 e. The van der Waals surface area contributed by atoms with Crippen LogP contribution in [0.1, 0.15) is 29.0 Å². The molecule has 0 fully saturated rings. The number of furan rings is 1. The van der Waals surface area contributed by atoms with E-state index in [4.69, 9.17) is 9.41 Å². The van der Waals surface area contributed by atoms with Crippen LogP contribution >= 0.6 is 0 Å². The fraction of sp³-hybridized carbons (Fsp3) is 0.0392. The van der Waals surface area contributed by atoms with Crippen molar-refractivity contribution in [2.75, 3.05) is 0 Å². The number of fused-ring (bicyclic) bond motifs is 6. The van der Waals surface area contributed by atoms with E-state index in [2.05, 4.69) is 209 Å². The van der Waals surface area contributed by atoms with Crippen LogP contribution in [0.25, 0.3) is 71.7 Å². The van der Waals surface area contributed by atoms with Crippen molar-refractivity contribution in [1.82, 2.24) is 15.2 Å². The van der Waals surface area contributed by atoms with E-state index in [1.54, 1.807) is 0 Å². The quantitative estimate of drug-likeness (QED) is 0.180. The molecule has 0 radical (unpaired) electrons. The van der Waals surface area contributed by atoms with Gasteiger partial charge in [0.05, 0.1) is 16.7 Å². The van der Waals surface area contributed by atoms with Crippen LogP contribution in [-0.4, -0.2) is 10.4 Å². The number of aromatic nitrogens is 1. The van der Waals surface area contributed by atoms with Gasteiger partial charge >= 0.3 is 0 Å². The van der Waals surface area contributed by atoms with Gasteiger partial charge in [0, 0.05) is 32.7 Å². The number of nitrogens with one attached hydrogen (secondary N) is 2. The standard InChI is InChI=1S/C51H36N4O/c1-3-15-33(16-4-1)35-19-11-21-37(31-35)49-52-50(38-22-12-20-36(32-38)34-17-5-2-6-18-34)54-51(53-49)42-26-14-30-46-47(42)41-25-13-29-45(48(41)56-46)55-43-27-9-7-23-39(43)40-24-8-10-28-44(40)55/h1-32,49,51,53H,(H,52,54). The van der Waals surface area contributed by atoms with Gasteiger partial charge in [0.1, 0.15) is 23.8 Å². The molecule has 5 heteroatoms. The highest BCUT2D eigenvalue weighted by molar-refractivity contribution is 6.13. The second kappa shape index (κ2) is 13.3. The van der Waals surface area contributed by atoms with Gasteiger partial charge in [0.2, 0.25) is 0 Å². The van der Waals surface area contributed by atoms with Gasteiger partial charge in [-0.2, -0.15) is 0 Å². The third-order valence-electron chi connectivity index (χ3n) is 11.1. The average Bonchev–Trinajstić information content (AvgIpc) is 3.83. The Balaban J connectivity index is 1.07. The number of hydrogen-bond acceptors (Lipinski definition) is 4. The Morgan fingerprint density at radius 1 is 0.482 bits per heavy atom. The van der Waals surface area contributed by atoms with Crippen molar-refractivity contribution in [3.05, 3.63) is 211 Å². The van der Waals surface area contributed by atoms with E-state index in [1.165, 1.54) is 21.9 Å². The molecule has 2 N–H and O–H groups in total. The number of rotatable bonds is 6. The molecule has 8 aromatic carbocycles. The lowest BCUT2D eigenvalue weighted by molar-refractivity contribution is 0.411. The lowest BCUT2D eigenvalue weighted by Gasteiger charge is -2.32. The molecule has 2 unspecified atom stereocenters. The monoisotopic (exact) mass is 720 g/mol. The molecule has 56 heavy (non-hydrogen) atoms. The molecule has 0 spiro atoms. The largest absolute Gasteiger partial charge is 0.454 e. The van der Waals surface area contributed by atoms with E-state index in [1.807, 2.05) is 0 Å². The van der Waals surface area contributed by atoms with E-state index < -0.39 is 0 Å². The first-order chi connectivity index (χ1) is 27.8. The van der Waals surface area contributed by atoms with Gasteiger partial charge in [0.25, 0.3) is 0 Å². The number of hydrogen-bond donors (Lipinski definition) is 2. The summed E-state index contributed by atoms with van der Waals surface area (Å²) >= 11 is 0. The molecule has 2 atom stereocenters. The summed E-state index contributed by atoms with van der Waals surface area (Å²) in [6, 6.07) is 68.5. The summed E-state index contributed by atoms with van der Waals surface area (Å²) in [5, 5.41) is 12.3. The molecule has 3 heterocycles. The number of para-hydroxylation sites is 3. The minimum atomic E-state index is -0.318. The zero-order valence-corrected chi connectivity index (χ0v) is 30.4. The Morgan fingerprint density at radius 2 is 1.05 bits per heavy atom. The Morgan fingerprint density at radius 3 is 1.79 bits per heavy atom. The van der Waals surface area contributed by atoms with E-state index >= 15 is 0 Å². The molecule has 11 rings (SSSR count). The van der Waals surface area contributed by atoms with Gasteiger partial charge in [-0.3, -0.25) is 5.32 Å². The summed E-state index contributed by atoms with van der Waals surface area (Å²) in [4.78, 5) is 5.37. The lowest BCUT2D eigenvalue weighted by Crippen LogP contribution is -2.45. The first-order valence-electron chi connectivity index (χ1n) is 19.1. The normalized spacial score (nSPS) is 15.7. The topological polar surface area (TPSA) is 54.5 Å². The maximum Gasteiger partial charge on any atom is 0.159 e.